The molecule has 3 saturated carbocycles. The summed E-state index contributed by atoms with van der Waals surface area (Å²) in [5.74, 6) is 2.86. The molecule has 1 saturated heterocycles. The zero-order valence-electron chi connectivity index (χ0n) is 11.4. The highest BCUT2D eigenvalue weighted by atomic mass is 16.3. The molecule has 3 nitrogen and oxygen atoms in total. The van der Waals surface area contributed by atoms with E-state index in [2.05, 4.69) is 18.7 Å². The van der Waals surface area contributed by atoms with E-state index in [-0.39, 0.29) is 12.2 Å². The summed E-state index contributed by atoms with van der Waals surface area (Å²) in [5.41, 5.74) is 0. The fourth-order valence-corrected chi connectivity index (χ4v) is 5.77. The fraction of sp³-hybridized carbons (Fsp3) is 1.00. The van der Waals surface area contributed by atoms with Crippen LogP contribution >= 0.6 is 0 Å². The van der Waals surface area contributed by atoms with E-state index in [4.69, 9.17) is 0 Å². The van der Waals surface area contributed by atoms with Crippen LogP contribution < -0.4 is 0 Å². The Kier molecular flexibility index (Phi) is 2.41. The van der Waals surface area contributed by atoms with E-state index in [1.807, 2.05) is 0 Å². The maximum Gasteiger partial charge on any atom is 0.0729 e. The van der Waals surface area contributed by atoms with Crippen molar-refractivity contribution < 1.29 is 10.2 Å². The van der Waals surface area contributed by atoms with Crippen molar-refractivity contribution in [3.05, 3.63) is 0 Å². The molecule has 3 heteroatoms. The molecule has 0 radical (unpaired) electrons. The summed E-state index contributed by atoms with van der Waals surface area (Å²) >= 11 is 0. The quantitative estimate of drug-likeness (QED) is 0.789. The number of likely N-dealkylation sites (tertiary alicyclic amines) is 1. The van der Waals surface area contributed by atoms with Crippen LogP contribution in [0.5, 0.6) is 0 Å². The first-order valence-corrected chi connectivity index (χ1v) is 7.75. The maximum absolute atomic E-state index is 10.5. The van der Waals surface area contributed by atoms with E-state index in [1.54, 1.807) is 0 Å². The molecular weight excluding hydrogens is 226 g/mol. The average Bonchev–Trinajstić information content (AvgIpc) is 2.91. The average molecular weight is 251 g/mol. The number of rotatable bonds is 3. The zero-order valence-corrected chi connectivity index (χ0v) is 11.4. The van der Waals surface area contributed by atoms with Crippen LogP contribution in [0.1, 0.15) is 33.1 Å². The minimum Gasteiger partial charge on any atom is -0.391 e. The lowest BCUT2D eigenvalue weighted by Crippen LogP contribution is -2.61. The largest absolute Gasteiger partial charge is 0.391 e. The topological polar surface area (TPSA) is 43.7 Å². The summed E-state index contributed by atoms with van der Waals surface area (Å²) in [6, 6.07) is 0.705. The smallest absolute Gasteiger partial charge is 0.0729 e. The van der Waals surface area contributed by atoms with E-state index in [9.17, 15) is 10.2 Å². The normalized spacial score (nSPS) is 58.7. The van der Waals surface area contributed by atoms with Gasteiger partial charge in [-0.2, -0.15) is 0 Å². The molecule has 2 N–H and O–H groups in total. The van der Waals surface area contributed by atoms with Crippen LogP contribution in [0.3, 0.4) is 0 Å². The third-order valence-corrected chi connectivity index (χ3v) is 6.64. The third-order valence-electron chi connectivity index (χ3n) is 6.64. The molecule has 4 bridgehead atoms. The second kappa shape index (κ2) is 3.71. The molecule has 4 fully saturated rings. The Bertz CT molecular complexity index is 360. The van der Waals surface area contributed by atoms with E-state index in [0.717, 1.165) is 13.0 Å². The number of nitrogens with zero attached hydrogens (tertiary/aromatic N) is 1. The molecule has 0 aromatic heterocycles. The number of hydrogen-bond donors (Lipinski definition) is 2. The van der Waals surface area contributed by atoms with Crippen LogP contribution in [-0.4, -0.2) is 45.9 Å². The summed E-state index contributed by atoms with van der Waals surface area (Å²) in [6.07, 6.45) is 3.26. The Balaban J connectivity index is 1.67. The molecule has 9 atom stereocenters. The predicted molar refractivity (Wildman–Crippen MR) is 68.9 cm³/mol. The molecular formula is C15H25NO2. The SMILES string of the molecule is CCC(C)CN1C2CC3C4CC(C3C2O)C1C4O. The summed E-state index contributed by atoms with van der Waals surface area (Å²) in [4.78, 5) is 2.50. The van der Waals surface area contributed by atoms with Gasteiger partial charge in [0.2, 0.25) is 0 Å². The minimum absolute atomic E-state index is 0.113. The zero-order chi connectivity index (χ0) is 12.6. The van der Waals surface area contributed by atoms with Crippen molar-refractivity contribution in [3.63, 3.8) is 0 Å². The van der Waals surface area contributed by atoms with Crippen LogP contribution in [0.2, 0.25) is 0 Å². The first-order chi connectivity index (χ1) is 8.63. The summed E-state index contributed by atoms with van der Waals surface area (Å²) in [5, 5.41) is 21.1. The van der Waals surface area contributed by atoms with E-state index >= 15 is 0 Å². The molecule has 9 unspecified atom stereocenters. The lowest BCUT2D eigenvalue weighted by atomic mass is 9.75. The highest BCUT2D eigenvalue weighted by Gasteiger charge is 2.69. The molecule has 4 aliphatic rings. The Morgan fingerprint density at radius 2 is 1.89 bits per heavy atom. The Labute approximate surface area is 109 Å². The van der Waals surface area contributed by atoms with E-state index < -0.39 is 0 Å². The highest BCUT2D eigenvalue weighted by molar-refractivity contribution is 5.21. The molecule has 0 amide bonds. The van der Waals surface area contributed by atoms with E-state index in [0.29, 0.717) is 41.7 Å². The first kappa shape index (κ1) is 11.7. The van der Waals surface area contributed by atoms with Crippen molar-refractivity contribution in [2.24, 2.45) is 29.6 Å². The van der Waals surface area contributed by atoms with Gasteiger partial charge in [0.15, 0.2) is 0 Å². The molecule has 3 aliphatic carbocycles. The van der Waals surface area contributed by atoms with Crippen LogP contribution in [0.25, 0.3) is 0 Å². The lowest BCUT2D eigenvalue weighted by molar-refractivity contribution is -0.102. The molecule has 0 spiro atoms. The van der Waals surface area contributed by atoms with Gasteiger partial charge in [-0.05, 0) is 42.4 Å². The highest BCUT2D eigenvalue weighted by Crippen LogP contribution is 2.64. The minimum atomic E-state index is -0.113. The maximum atomic E-state index is 10.5. The van der Waals surface area contributed by atoms with Gasteiger partial charge in [-0.15, -0.1) is 0 Å². The standard InChI is InChI=1S/C15H25NO2/c1-3-7(2)6-16-11-5-8-9-4-10(12(8)15(11)18)13(16)14(9)17/h7-15,17-18H,3-6H2,1-2H3. The molecule has 102 valence electrons. The summed E-state index contributed by atoms with van der Waals surface area (Å²) in [7, 11) is 0. The van der Waals surface area contributed by atoms with Crippen LogP contribution in [0, 0.1) is 29.6 Å². The fourth-order valence-electron chi connectivity index (χ4n) is 5.77. The van der Waals surface area contributed by atoms with Gasteiger partial charge in [-0.1, -0.05) is 20.3 Å². The Hall–Kier alpha value is -0.120. The van der Waals surface area contributed by atoms with Crippen molar-refractivity contribution in [3.8, 4) is 0 Å². The molecule has 1 aliphatic heterocycles. The molecule has 4 rings (SSSR count). The van der Waals surface area contributed by atoms with Gasteiger partial charge in [0.05, 0.1) is 12.2 Å². The second-order valence-electron chi connectivity index (χ2n) is 7.29. The number of fused-ring (bicyclic) bond motifs is 3. The first-order valence-electron chi connectivity index (χ1n) is 7.75. The van der Waals surface area contributed by atoms with Crippen LogP contribution in [0.15, 0.2) is 0 Å². The number of aliphatic hydroxyl groups excluding tert-OH is 2. The number of piperidine rings is 1. The predicted octanol–water partition coefficient (Wildman–Crippen LogP) is 1.09. The second-order valence-corrected chi connectivity index (χ2v) is 7.29. The Morgan fingerprint density at radius 1 is 1.11 bits per heavy atom. The van der Waals surface area contributed by atoms with Crippen LogP contribution in [0.4, 0.5) is 0 Å². The summed E-state index contributed by atoms with van der Waals surface area (Å²) in [6.45, 7) is 5.58. The van der Waals surface area contributed by atoms with Gasteiger partial charge in [-0.3, -0.25) is 4.90 Å². The van der Waals surface area contributed by atoms with Gasteiger partial charge in [0, 0.05) is 18.6 Å². The van der Waals surface area contributed by atoms with Crippen LogP contribution in [-0.2, 0) is 0 Å². The third kappa shape index (κ3) is 1.21. The van der Waals surface area contributed by atoms with Crippen molar-refractivity contribution in [2.45, 2.75) is 57.4 Å². The van der Waals surface area contributed by atoms with Gasteiger partial charge in [-0.25, -0.2) is 0 Å². The van der Waals surface area contributed by atoms with Crippen molar-refractivity contribution in [2.75, 3.05) is 6.54 Å². The monoisotopic (exact) mass is 251 g/mol. The summed E-state index contributed by atoms with van der Waals surface area (Å²) < 4.78 is 0. The van der Waals surface area contributed by atoms with E-state index in [1.165, 1.54) is 12.8 Å². The molecule has 0 aromatic rings. The molecule has 0 aromatic carbocycles. The van der Waals surface area contributed by atoms with Gasteiger partial charge in [0.25, 0.3) is 0 Å². The Morgan fingerprint density at radius 3 is 2.61 bits per heavy atom. The number of aliphatic hydroxyl groups is 2. The van der Waals surface area contributed by atoms with Gasteiger partial charge < -0.3 is 10.2 Å². The van der Waals surface area contributed by atoms with Crippen molar-refractivity contribution >= 4 is 0 Å². The number of hydrogen-bond acceptors (Lipinski definition) is 3. The van der Waals surface area contributed by atoms with Crippen molar-refractivity contribution in [1.82, 2.24) is 4.90 Å². The lowest BCUT2D eigenvalue weighted by Gasteiger charge is -2.49. The molecule has 1 heterocycles. The van der Waals surface area contributed by atoms with Gasteiger partial charge in [0.1, 0.15) is 0 Å². The molecule has 18 heavy (non-hydrogen) atoms. The van der Waals surface area contributed by atoms with Crippen molar-refractivity contribution in [1.29, 1.82) is 0 Å². The van der Waals surface area contributed by atoms with Gasteiger partial charge >= 0.3 is 0 Å².